The highest BCUT2D eigenvalue weighted by molar-refractivity contribution is 6.18. The maximum atomic E-state index is 13.1. The number of nitrogens with one attached hydrogen (secondary N) is 3. The van der Waals surface area contributed by atoms with Crippen molar-refractivity contribution < 1.29 is 43.3 Å². The Kier molecular flexibility index (Phi) is 14.9. The minimum atomic E-state index is -0.747. The number of halogens is 1. The summed E-state index contributed by atoms with van der Waals surface area (Å²) >= 11 is 6.27. The lowest BCUT2D eigenvalue weighted by Crippen LogP contribution is -2.52. The van der Waals surface area contributed by atoms with E-state index in [2.05, 4.69) is 28.1 Å². The first-order valence-corrected chi connectivity index (χ1v) is 20.1. The maximum absolute atomic E-state index is 13.1. The highest BCUT2D eigenvalue weighted by Gasteiger charge is 2.40. The lowest BCUT2D eigenvalue weighted by atomic mass is 9.88. The van der Waals surface area contributed by atoms with Crippen LogP contribution in [0.1, 0.15) is 65.2 Å². The van der Waals surface area contributed by atoms with E-state index in [-0.39, 0.29) is 88.2 Å². The van der Waals surface area contributed by atoms with Crippen LogP contribution in [0.2, 0.25) is 0 Å². The second-order valence-corrected chi connectivity index (χ2v) is 14.4. The van der Waals surface area contributed by atoms with Gasteiger partial charge in [0.15, 0.2) is 0 Å². The van der Waals surface area contributed by atoms with E-state index in [4.69, 9.17) is 25.8 Å². The summed E-state index contributed by atoms with van der Waals surface area (Å²) in [6, 6.07) is 29.2. The quantitative estimate of drug-likeness (QED) is 0.0402. The fourth-order valence-corrected chi connectivity index (χ4v) is 7.23. The largest absolute Gasteiger partial charge is 0.508 e. The molecule has 1 saturated heterocycles. The standard InChI is InChI=1S/C45H47ClN4O9/c1-29(58-27-26-57-24-21-41(53)48-38-9-5-8-36-37(38)28-50(45(36)56)39-18-19-40(52)49-44(39)55)43(54)47-23-25-59-34-16-12-32(13-17-34)42(31-10-14-33(51)15-11-31)35(20-22-46)30-6-3-2-4-7-30/h2-17,29,39,51H,18-28H2,1H3,(H,47,54)(H,48,53)(H,49,52,55). The van der Waals surface area contributed by atoms with E-state index in [0.717, 1.165) is 27.8 Å². The molecule has 4 N–H and O–H groups in total. The predicted molar refractivity (Wildman–Crippen MR) is 223 cm³/mol. The van der Waals surface area contributed by atoms with Crippen LogP contribution >= 0.6 is 11.6 Å². The van der Waals surface area contributed by atoms with Gasteiger partial charge in [0.05, 0.1) is 32.8 Å². The van der Waals surface area contributed by atoms with Crippen molar-refractivity contribution in [2.75, 3.05) is 44.2 Å². The molecule has 0 aromatic heterocycles. The first-order chi connectivity index (χ1) is 28.6. The number of allylic oxidation sites excluding steroid dienone is 1. The summed E-state index contributed by atoms with van der Waals surface area (Å²) in [4.78, 5) is 63.8. The van der Waals surface area contributed by atoms with Gasteiger partial charge < -0.3 is 34.9 Å². The lowest BCUT2D eigenvalue weighted by molar-refractivity contribution is -0.137. The van der Waals surface area contributed by atoms with Crippen LogP contribution < -0.4 is 20.7 Å². The maximum Gasteiger partial charge on any atom is 0.255 e. The van der Waals surface area contributed by atoms with Gasteiger partial charge in [0.1, 0.15) is 30.3 Å². The fraction of sp³-hybridized carbons (Fsp3) is 0.311. The number of rotatable bonds is 19. The topological polar surface area (TPSA) is 173 Å². The minimum absolute atomic E-state index is 0.0479. The molecule has 4 aromatic carbocycles. The molecule has 308 valence electrons. The molecule has 4 aromatic rings. The van der Waals surface area contributed by atoms with E-state index < -0.39 is 18.1 Å². The number of hydrogen-bond donors (Lipinski definition) is 4. The van der Waals surface area contributed by atoms with Gasteiger partial charge in [-0.1, -0.05) is 60.7 Å². The monoisotopic (exact) mass is 822 g/mol. The number of imide groups is 1. The molecule has 0 bridgehead atoms. The summed E-state index contributed by atoms with van der Waals surface area (Å²) in [6.45, 7) is 2.71. The average molecular weight is 823 g/mol. The van der Waals surface area contributed by atoms with Crippen molar-refractivity contribution in [1.29, 1.82) is 0 Å². The zero-order valence-corrected chi connectivity index (χ0v) is 33.5. The molecule has 0 aliphatic carbocycles. The predicted octanol–water partition coefficient (Wildman–Crippen LogP) is 5.69. The molecule has 2 heterocycles. The second-order valence-electron chi connectivity index (χ2n) is 14.0. The van der Waals surface area contributed by atoms with Crippen LogP contribution in [0.25, 0.3) is 11.1 Å². The van der Waals surface area contributed by atoms with Gasteiger partial charge in [0.25, 0.3) is 5.91 Å². The van der Waals surface area contributed by atoms with E-state index in [1.54, 1.807) is 37.3 Å². The molecule has 1 fully saturated rings. The highest BCUT2D eigenvalue weighted by Crippen LogP contribution is 2.36. The molecule has 2 atom stereocenters. The summed E-state index contributed by atoms with van der Waals surface area (Å²) < 4.78 is 17.1. The first-order valence-electron chi connectivity index (χ1n) is 19.5. The Labute approximate surface area is 347 Å². The Morgan fingerprint density at radius 2 is 1.59 bits per heavy atom. The number of hydrogen-bond acceptors (Lipinski definition) is 9. The summed E-state index contributed by atoms with van der Waals surface area (Å²) in [7, 11) is 0. The summed E-state index contributed by atoms with van der Waals surface area (Å²) in [5.74, 6) is -0.522. The lowest BCUT2D eigenvalue weighted by Gasteiger charge is -2.29. The minimum Gasteiger partial charge on any atom is -0.508 e. The molecule has 0 radical (unpaired) electrons. The number of phenols is 1. The van der Waals surface area contributed by atoms with E-state index in [1.807, 2.05) is 54.6 Å². The molecule has 13 nitrogen and oxygen atoms in total. The second kappa shape index (κ2) is 20.6. The number of benzene rings is 4. The van der Waals surface area contributed by atoms with E-state index in [1.165, 1.54) is 4.90 Å². The van der Waals surface area contributed by atoms with Crippen molar-refractivity contribution in [2.45, 2.75) is 51.3 Å². The average Bonchev–Trinajstić information content (AvgIpc) is 3.58. The molecule has 0 saturated carbocycles. The number of nitrogens with zero attached hydrogens (tertiary/aromatic N) is 1. The molecule has 0 spiro atoms. The van der Waals surface area contributed by atoms with Gasteiger partial charge in [-0.2, -0.15) is 0 Å². The zero-order valence-electron chi connectivity index (χ0n) is 32.7. The van der Waals surface area contributed by atoms with Crippen LogP contribution in [0.15, 0.2) is 97.1 Å². The van der Waals surface area contributed by atoms with Crippen LogP contribution in [0.3, 0.4) is 0 Å². The van der Waals surface area contributed by atoms with Gasteiger partial charge >= 0.3 is 0 Å². The first kappa shape index (κ1) is 42.6. The Balaban J connectivity index is 0.891. The third-order valence-corrected chi connectivity index (χ3v) is 10.2. The molecule has 2 aliphatic rings. The SMILES string of the molecule is CC(OCCOCCC(=O)Nc1cccc2c1CN(C1CCC(=O)NC1=O)C2=O)C(=O)NCCOc1ccc(C(=C(CCCl)c2ccccc2)c2ccc(O)cc2)cc1. The van der Waals surface area contributed by atoms with E-state index >= 15 is 0 Å². The number of fused-ring (bicyclic) bond motifs is 1. The number of ether oxygens (including phenoxy) is 3. The van der Waals surface area contributed by atoms with Crippen molar-refractivity contribution in [2.24, 2.45) is 0 Å². The van der Waals surface area contributed by atoms with Gasteiger partial charge in [0.2, 0.25) is 23.6 Å². The number of piperidine rings is 1. The Bertz CT molecular complexity index is 2160. The van der Waals surface area contributed by atoms with Crippen LogP contribution in [-0.2, 0) is 35.2 Å². The fourth-order valence-electron chi connectivity index (χ4n) is 7.04. The van der Waals surface area contributed by atoms with Crippen molar-refractivity contribution in [3.05, 3.63) is 125 Å². The molecule has 2 aliphatic heterocycles. The summed E-state index contributed by atoms with van der Waals surface area (Å²) in [6.07, 6.45) is 0.364. The van der Waals surface area contributed by atoms with E-state index in [9.17, 15) is 29.1 Å². The number of aromatic hydroxyl groups is 1. The number of amides is 5. The number of phenolic OH excluding ortho intramolecular Hbond substituents is 1. The van der Waals surface area contributed by atoms with Crippen LogP contribution in [0, 0.1) is 0 Å². The molecular weight excluding hydrogens is 776 g/mol. The van der Waals surface area contributed by atoms with Crippen LogP contribution in [0.5, 0.6) is 11.5 Å². The summed E-state index contributed by atoms with van der Waals surface area (Å²) in [5.41, 5.74) is 6.57. The number of carbonyl (C=O) groups is 5. The molecule has 2 unspecified atom stereocenters. The molecule has 6 rings (SSSR count). The van der Waals surface area contributed by atoms with Crippen LogP contribution in [-0.4, -0.2) is 90.5 Å². The number of alkyl halides is 1. The third kappa shape index (κ3) is 11.1. The Morgan fingerprint density at radius 1 is 0.864 bits per heavy atom. The van der Waals surface area contributed by atoms with Gasteiger partial charge in [-0.3, -0.25) is 29.3 Å². The van der Waals surface area contributed by atoms with Crippen molar-refractivity contribution in [1.82, 2.24) is 15.5 Å². The van der Waals surface area contributed by atoms with Gasteiger partial charge in [-0.25, -0.2) is 0 Å². The molecule has 14 heteroatoms. The Morgan fingerprint density at radius 3 is 2.31 bits per heavy atom. The smallest absolute Gasteiger partial charge is 0.255 e. The molecule has 59 heavy (non-hydrogen) atoms. The molecule has 5 amide bonds. The Hall–Kier alpha value is -6.02. The zero-order chi connectivity index (χ0) is 41.7. The number of carbonyl (C=O) groups excluding carboxylic acids is 5. The highest BCUT2D eigenvalue weighted by atomic mass is 35.5. The molecular formula is C45H47ClN4O9. The van der Waals surface area contributed by atoms with Crippen molar-refractivity contribution in [3.8, 4) is 11.5 Å². The van der Waals surface area contributed by atoms with Gasteiger partial charge in [0, 0.05) is 35.7 Å². The van der Waals surface area contributed by atoms with Crippen LogP contribution in [0.4, 0.5) is 5.69 Å². The van der Waals surface area contributed by atoms with Crippen molar-refractivity contribution in [3.63, 3.8) is 0 Å². The number of anilines is 1. The third-order valence-electron chi connectivity index (χ3n) is 10.0. The normalized spacial score (nSPS) is 15.9. The van der Waals surface area contributed by atoms with Gasteiger partial charge in [-0.15, -0.1) is 11.6 Å². The van der Waals surface area contributed by atoms with E-state index in [0.29, 0.717) is 34.9 Å². The summed E-state index contributed by atoms with van der Waals surface area (Å²) in [5, 5.41) is 17.9. The van der Waals surface area contributed by atoms with Crippen molar-refractivity contribution >= 4 is 58.0 Å². The van der Waals surface area contributed by atoms with Gasteiger partial charge in [-0.05, 0) is 84.0 Å².